The summed E-state index contributed by atoms with van der Waals surface area (Å²) < 4.78 is 33.8. The number of rotatable bonds is 11. The Kier molecular flexibility index (Phi) is 8.21. The highest BCUT2D eigenvalue weighted by atomic mass is 35.5. The number of carboxylic acid groups (broad SMARTS) is 1. The van der Waals surface area contributed by atoms with Crippen LogP contribution in [0.2, 0.25) is 5.02 Å². The number of halogens is 1. The molecule has 0 bridgehead atoms. The number of nitrogens with zero attached hydrogens (tertiary/aromatic N) is 1. The molecule has 0 saturated carbocycles. The van der Waals surface area contributed by atoms with Gasteiger partial charge in [0.2, 0.25) is 10.0 Å². The fraction of sp³-hybridized carbons (Fsp3) is 0.217. The van der Waals surface area contributed by atoms with Crippen molar-refractivity contribution in [3.63, 3.8) is 0 Å². The van der Waals surface area contributed by atoms with Gasteiger partial charge >= 0.3 is 5.97 Å². The molecule has 32 heavy (non-hydrogen) atoms. The summed E-state index contributed by atoms with van der Waals surface area (Å²) in [6.45, 7) is -0.447. The van der Waals surface area contributed by atoms with Crippen LogP contribution in [-0.4, -0.2) is 31.1 Å². The van der Waals surface area contributed by atoms with E-state index >= 15 is 0 Å². The largest absolute Gasteiger partial charge is 0.482 e. The Balaban J connectivity index is 1.77. The maximum Gasteiger partial charge on any atom is 0.341 e. The zero-order chi connectivity index (χ0) is 23.0. The molecule has 3 aromatic rings. The Labute approximate surface area is 192 Å². The molecular formula is C23H23ClN2O5S. The van der Waals surface area contributed by atoms with Crippen LogP contribution in [0.1, 0.15) is 30.0 Å². The van der Waals surface area contributed by atoms with E-state index in [1.807, 2.05) is 12.1 Å². The van der Waals surface area contributed by atoms with Crippen molar-refractivity contribution < 1.29 is 23.1 Å². The lowest BCUT2D eigenvalue weighted by Gasteiger charge is -2.20. The first-order valence-corrected chi connectivity index (χ1v) is 11.8. The van der Waals surface area contributed by atoms with Gasteiger partial charge in [0.15, 0.2) is 6.61 Å². The quantitative estimate of drug-likeness (QED) is 0.430. The number of sulfonamides is 1. The van der Waals surface area contributed by atoms with Crippen molar-refractivity contribution in [3.8, 4) is 5.75 Å². The highest BCUT2D eigenvalue weighted by Crippen LogP contribution is 2.25. The van der Waals surface area contributed by atoms with Crippen LogP contribution < -0.4 is 9.46 Å². The fourth-order valence-electron chi connectivity index (χ4n) is 3.16. The van der Waals surface area contributed by atoms with Gasteiger partial charge in [-0.15, -0.1) is 0 Å². The molecule has 0 fully saturated rings. The minimum atomic E-state index is -3.78. The fourth-order valence-corrected chi connectivity index (χ4v) is 4.55. The van der Waals surface area contributed by atoms with Gasteiger partial charge in [-0.3, -0.25) is 4.98 Å². The van der Waals surface area contributed by atoms with Crippen LogP contribution in [0.5, 0.6) is 5.75 Å². The van der Waals surface area contributed by atoms with Crippen LogP contribution >= 0.6 is 11.6 Å². The highest BCUT2D eigenvalue weighted by Gasteiger charge is 2.21. The lowest BCUT2D eigenvalue weighted by atomic mass is 10.0. The second kappa shape index (κ2) is 11.1. The van der Waals surface area contributed by atoms with E-state index < -0.39 is 28.6 Å². The molecule has 0 radical (unpaired) electrons. The number of hydrogen-bond acceptors (Lipinski definition) is 5. The Morgan fingerprint density at radius 3 is 2.44 bits per heavy atom. The summed E-state index contributed by atoms with van der Waals surface area (Å²) in [6, 6.07) is 16.1. The summed E-state index contributed by atoms with van der Waals surface area (Å²) in [4.78, 5) is 14.9. The highest BCUT2D eigenvalue weighted by molar-refractivity contribution is 7.89. The van der Waals surface area contributed by atoms with E-state index in [0.29, 0.717) is 17.2 Å². The average molecular weight is 475 g/mol. The minimum Gasteiger partial charge on any atom is -0.482 e. The molecule has 0 aliphatic carbocycles. The van der Waals surface area contributed by atoms with Crippen LogP contribution in [0.3, 0.4) is 0 Å². The van der Waals surface area contributed by atoms with E-state index in [0.717, 1.165) is 24.0 Å². The molecule has 0 saturated heterocycles. The first-order valence-electron chi connectivity index (χ1n) is 9.95. The predicted molar refractivity (Wildman–Crippen MR) is 121 cm³/mol. The molecule has 0 aliphatic heterocycles. The van der Waals surface area contributed by atoms with E-state index in [1.54, 1.807) is 36.7 Å². The zero-order valence-corrected chi connectivity index (χ0v) is 18.7. The Morgan fingerprint density at radius 2 is 1.81 bits per heavy atom. The molecule has 0 amide bonds. The van der Waals surface area contributed by atoms with Gasteiger partial charge in [-0.25, -0.2) is 17.9 Å². The van der Waals surface area contributed by atoms with E-state index in [9.17, 15) is 13.2 Å². The summed E-state index contributed by atoms with van der Waals surface area (Å²) in [5, 5.41) is 9.20. The van der Waals surface area contributed by atoms with Crippen LogP contribution in [-0.2, 0) is 21.2 Å². The van der Waals surface area contributed by atoms with Crippen molar-refractivity contribution in [2.24, 2.45) is 0 Å². The Morgan fingerprint density at radius 1 is 1.09 bits per heavy atom. The number of ether oxygens (including phenoxy) is 1. The lowest BCUT2D eigenvalue weighted by Crippen LogP contribution is -2.29. The normalized spacial score (nSPS) is 12.3. The second-order valence-corrected chi connectivity index (χ2v) is 9.28. The number of aromatic nitrogens is 1. The summed E-state index contributed by atoms with van der Waals surface area (Å²) >= 11 is 5.88. The van der Waals surface area contributed by atoms with Crippen LogP contribution in [0.4, 0.5) is 0 Å². The maximum atomic E-state index is 13.0. The van der Waals surface area contributed by atoms with Crippen molar-refractivity contribution in [1.29, 1.82) is 0 Å². The van der Waals surface area contributed by atoms with Gasteiger partial charge in [0.25, 0.3) is 0 Å². The van der Waals surface area contributed by atoms with Crippen LogP contribution in [0.25, 0.3) is 0 Å². The third-order valence-electron chi connectivity index (χ3n) is 4.75. The molecule has 9 heteroatoms. The molecule has 168 valence electrons. The van der Waals surface area contributed by atoms with E-state index in [-0.39, 0.29) is 4.90 Å². The molecule has 2 N–H and O–H groups in total. The molecular weight excluding hydrogens is 452 g/mol. The predicted octanol–water partition coefficient (Wildman–Crippen LogP) is 4.24. The van der Waals surface area contributed by atoms with Crippen LogP contribution in [0, 0.1) is 0 Å². The molecule has 1 aromatic heterocycles. The van der Waals surface area contributed by atoms with Gasteiger partial charge < -0.3 is 9.84 Å². The number of benzene rings is 2. The summed E-state index contributed by atoms with van der Waals surface area (Å²) in [5.41, 5.74) is 1.82. The molecule has 0 spiro atoms. The standard InChI is InChI=1S/C23H23ClN2O5S/c24-19-8-12-21(13-9-19)32(29,30)26-22(5-1-3-17-4-2-14-25-15-17)18-6-10-20(11-7-18)31-16-23(27)28/h2,4,6-15,22,26H,1,3,5,16H2,(H,27,28). The van der Waals surface area contributed by atoms with E-state index in [4.69, 9.17) is 21.4 Å². The van der Waals surface area contributed by atoms with Crippen molar-refractivity contribution in [3.05, 3.63) is 89.2 Å². The van der Waals surface area contributed by atoms with Gasteiger partial charge in [-0.1, -0.05) is 29.8 Å². The summed E-state index contributed by atoms with van der Waals surface area (Å²) in [7, 11) is -3.78. The lowest BCUT2D eigenvalue weighted by molar-refractivity contribution is -0.139. The van der Waals surface area contributed by atoms with Crippen molar-refractivity contribution in [2.75, 3.05) is 6.61 Å². The van der Waals surface area contributed by atoms with Crippen molar-refractivity contribution >= 4 is 27.6 Å². The SMILES string of the molecule is O=C(O)COc1ccc(C(CCCc2cccnc2)NS(=O)(=O)c2ccc(Cl)cc2)cc1. The number of carbonyl (C=O) groups is 1. The molecule has 1 heterocycles. The Hall–Kier alpha value is -2.94. The second-order valence-electron chi connectivity index (χ2n) is 7.13. The summed E-state index contributed by atoms with van der Waals surface area (Å²) in [5.74, 6) is -0.677. The van der Waals surface area contributed by atoms with Gasteiger partial charge in [-0.2, -0.15) is 0 Å². The number of aliphatic carboxylic acids is 1. The number of hydrogen-bond donors (Lipinski definition) is 2. The Bertz CT molecular complexity index is 1120. The topological polar surface area (TPSA) is 106 Å². The molecule has 7 nitrogen and oxygen atoms in total. The zero-order valence-electron chi connectivity index (χ0n) is 17.1. The van der Waals surface area contributed by atoms with Gasteiger partial charge in [0, 0.05) is 23.5 Å². The third kappa shape index (κ3) is 7.05. The van der Waals surface area contributed by atoms with Crippen molar-refractivity contribution in [1.82, 2.24) is 9.71 Å². The number of pyridine rings is 1. The maximum absolute atomic E-state index is 13.0. The van der Waals surface area contributed by atoms with Gasteiger partial charge in [-0.05, 0) is 72.9 Å². The van der Waals surface area contributed by atoms with Gasteiger partial charge in [0.1, 0.15) is 5.75 Å². The number of carboxylic acids is 1. The van der Waals surface area contributed by atoms with E-state index in [2.05, 4.69) is 9.71 Å². The number of aryl methyl sites for hydroxylation is 1. The molecule has 2 aromatic carbocycles. The third-order valence-corrected chi connectivity index (χ3v) is 6.49. The van der Waals surface area contributed by atoms with Crippen molar-refractivity contribution in [2.45, 2.75) is 30.2 Å². The molecule has 1 unspecified atom stereocenters. The molecule has 3 rings (SSSR count). The van der Waals surface area contributed by atoms with Crippen LogP contribution in [0.15, 0.2) is 78.0 Å². The molecule has 0 aliphatic rings. The van der Waals surface area contributed by atoms with E-state index in [1.165, 1.54) is 24.3 Å². The number of nitrogens with one attached hydrogen (secondary N) is 1. The molecule has 1 atom stereocenters. The smallest absolute Gasteiger partial charge is 0.341 e. The monoisotopic (exact) mass is 474 g/mol. The van der Waals surface area contributed by atoms with Gasteiger partial charge in [0.05, 0.1) is 4.90 Å². The minimum absolute atomic E-state index is 0.126. The first-order chi connectivity index (χ1) is 15.3. The summed E-state index contributed by atoms with van der Waals surface area (Å²) in [6.07, 6.45) is 5.54. The average Bonchev–Trinajstić information content (AvgIpc) is 2.78. The first kappa shape index (κ1) is 23.7.